The van der Waals surface area contributed by atoms with E-state index in [0.717, 1.165) is 63.7 Å². The molecule has 2 aromatic carbocycles. The normalized spacial score (nSPS) is 16.4. The van der Waals surface area contributed by atoms with Crippen molar-refractivity contribution in [1.29, 1.82) is 0 Å². The Morgan fingerprint density at radius 3 is 1.85 bits per heavy atom. The van der Waals surface area contributed by atoms with Crippen molar-refractivity contribution in [3.05, 3.63) is 60.2 Å². The third kappa shape index (κ3) is 13.8. The number of nitrogens with one attached hydrogen (secondary N) is 1. The highest BCUT2D eigenvalue weighted by atomic mass is 32.2. The van der Waals surface area contributed by atoms with Crippen LogP contribution in [-0.4, -0.2) is 101 Å². The summed E-state index contributed by atoms with van der Waals surface area (Å²) in [6.45, 7) is 9.34. The first-order chi connectivity index (χ1) is 18.9. The van der Waals surface area contributed by atoms with E-state index in [0.29, 0.717) is 19.4 Å². The fraction of sp³-hybridized carbons (Fsp3) is 0.538. The number of benzene rings is 2. The van der Waals surface area contributed by atoms with Gasteiger partial charge in [0.1, 0.15) is 11.6 Å². The Morgan fingerprint density at radius 1 is 0.775 bits per heavy atom. The first-order valence-electron chi connectivity index (χ1n) is 13.2. The van der Waals surface area contributed by atoms with Gasteiger partial charge in [0.15, 0.2) is 0 Å². The maximum Gasteiger partial charge on any atom is 0.264 e. The monoisotopic (exact) mass is 606 g/mol. The average Bonchev–Trinajstić information content (AvgIpc) is 2.90. The van der Waals surface area contributed by atoms with Crippen LogP contribution in [0.2, 0.25) is 0 Å². The number of para-hydroxylation sites is 1. The molecule has 0 unspecified atom stereocenters. The van der Waals surface area contributed by atoms with Gasteiger partial charge in [-0.25, -0.2) is 8.78 Å². The van der Waals surface area contributed by atoms with Crippen molar-refractivity contribution in [3.63, 3.8) is 0 Å². The van der Waals surface area contributed by atoms with Crippen LogP contribution in [0.15, 0.2) is 48.5 Å². The molecule has 2 fully saturated rings. The molecule has 2 heterocycles. The highest BCUT2D eigenvalue weighted by molar-refractivity contribution is 7.86. The highest BCUT2D eigenvalue weighted by Gasteiger charge is 2.17. The van der Waals surface area contributed by atoms with Gasteiger partial charge in [-0.15, -0.1) is 0 Å². The first kappa shape index (κ1) is 33.8. The van der Waals surface area contributed by atoms with E-state index in [-0.39, 0.29) is 23.1 Å². The molecule has 226 valence electrons. The third-order valence-corrected chi connectivity index (χ3v) is 7.94. The number of hydrogen-bond donors (Lipinski definition) is 3. The zero-order valence-electron chi connectivity index (χ0n) is 22.8. The Balaban J connectivity index is 0.000000239. The van der Waals surface area contributed by atoms with Gasteiger partial charge in [0.05, 0.1) is 17.2 Å². The van der Waals surface area contributed by atoms with Crippen molar-refractivity contribution in [1.82, 2.24) is 10.2 Å². The van der Waals surface area contributed by atoms with E-state index < -0.39 is 20.2 Å². The van der Waals surface area contributed by atoms with Gasteiger partial charge >= 0.3 is 0 Å². The predicted molar refractivity (Wildman–Crippen MR) is 154 cm³/mol. The van der Waals surface area contributed by atoms with Gasteiger partial charge in [-0.2, -0.15) is 16.8 Å². The van der Waals surface area contributed by atoms with E-state index in [1.54, 1.807) is 25.1 Å². The van der Waals surface area contributed by atoms with Crippen LogP contribution in [0.3, 0.4) is 0 Å². The minimum Gasteiger partial charge on any atom is -0.369 e. The lowest BCUT2D eigenvalue weighted by Gasteiger charge is -2.36. The highest BCUT2D eigenvalue weighted by Crippen LogP contribution is 2.19. The number of nitrogens with zero attached hydrogens (tertiary/aromatic N) is 3. The molecule has 10 nitrogen and oxygen atoms in total. The maximum atomic E-state index is 13.3. The fourth-order valence-corrected chi connectivity index (χ4v) is 5.23. The quantitative estimate of drug-likeness (QED) is 0.386. The number of rotatable bonds is 8. The van der Waals surface area contributed by atoms with Crippen LogP contribution in [0.4, 0.5) is 20.2 Å². The Labute approximate surface area is 236 Å². The molecule has 2 aromatic rings. The molecule has 0 saturated carbocycles. The molecule has 2 saturated heterocycles. The molecule has 0 bridgehead atoms. The van der Waals surface area contributed by atoms with Gasteiger partial charge in [0.2, 0.25) is 0 Å². The summed E-state index contributed by atoms with van der Waals surface area (Å²) in [5, 5.41) is 3.24. The molecule has 0 amide bonds. The minimum atomic E-state index is -3.86. The molecule has 4 rings (SSSR count). The molecule has 2 aliphatic heterocycles. The molecule has 0 aromatic heterocycles. The number of halogens is 2. The lowest BCUT2D eigenvalue weighted by atomic mass is 10.2. The van der Waals surface area contributed by atoms with Crippen molar-refractivity contribution in [2.45, 2.75) is 19.8 Å². The standard InChI is InChI=1S/C13H19FN2O3S.C10H13FN2.C3H8O3S/c14-12-2-4-13(5-3-12)16-9-7-15(8-10-16)6-1-11-20(17,18)19;11-9-3-1-2-4-10(9)13-7-5-12-6-8-13;1-2-3-7(4,5)6/h2-5H,1,6-11H2,(H,17,18,19);1-4,12H,5-8H2;2-3H2,1H3,(H,4,5,6). The Morgan fingerprint density at radius 2 is 1.35 bits per heavy atom. The van der Waals surface area contributed by atoms with E-state index in [4.69, 9.17) is 9.11 Å². The summed E-state index contributed by atoms with van der Waals surface area (Å²) in [4.78, 5) is 6.43. The molecular formula is C26H40F2N4O6S2. The van der Waals surface area contributed by atoms with E-state index >= 15 is 0 Å². The zero-order chi connectivity index (χ0) is 29.6. The predicted octanol–water partition coefficient (Wildman–Crippen LogP) is 2.75. The summed E-state index contributed by atoms with van der Waals surface area (Å²) in [6, 6.07) is 13.4. The zero-order valence-corrected chi connectivity index (χ0v) is 24.4. The van der Waals surface area contributed by atoms with Crippen LogP contribution in [0.25, 0.3) is 0 Å². The number of piperazine rings is 2. The maximum absolute atomic E-state index is 13.3. The van der Waals surface area contributed by atoms with Crippen molar-refractivity contribution in [3.8, 4) is 0 Å². The minimum absolute atomic E-state index is 0.121. The van der Waals surface area contributed by atoms with Gasteiger partial charge in [-0.3, -0.25) is 14.0 Å². The summed E-state index contributed by atoms with van der Waals surface area (Å²) >= 11 is 0. The van der Waals surface area contributed by atoms with Crippen molar-refractivity contribution in [2.75, 3.05) is 80.2 Å². The topological polar surface area (TPSA) is 130 Å². The SMILES string of the molecule is CCCS(=O)(=O)O.Fc1ccccc1N1CCNCC1.O=S(=O)(O)CCCN1CCN(c2ccc(F)cc2)CC1. The van der Waals surface area contributed by atoms with Crippen LogP contribution < -0.4 is 15.1 Å². The average molecular weight is 607 g/mol. The van der Waals surface area contributed by atoms with E-state index in [1.165, 1.54) is 18.2 Å². The van der Waals surface area contributed by atoms with Gasteiger partial charge in [-0.05, 0) is 55.8 Å². The molecule has 2 aliphatic rings. The van der Waals surface area contributed by atoms with Crippen LogP contribution in [-0.2, 0) is 20.2 Å². The summed E-state index contributed by atoms with van der Waals surface area (Å²) in [6.07, 6.45) is 0.911. The van der Waals surface area contributed by atoms with Crippen molar-refractivity contribution >= 4 is 31.6 Å². The third-order valence-electron chi connectivity index (χ3n) is 6.21. The lowest BCUT2D eigenvalue weighted by molar-refractivity contribution is 0.258. The molecule has 40 heavy (non-hydrogen) atoms. The summed E-state index contributed by atoms with van der Waals surface area (Å²) in [5.74, 6) is -0.681. The smallest absolute Gasteiger partial charge is 0.264 e. The Kier molecular flexibility index (Phi) is 14.2. The lowest BCUT2D eigenvalue weighted by Crippen LogP contribution is -2.46. The summed E-state index contributed by atoms with van der Waals surface area (Å²) in [7, 11) is -7.53. The van der Waals surface area contributed by atoms with Crippen LogP contribution in [0, 0.1) is 11.6 Å². The van der Waals surface area contributed by atoms with Crippen LogP contribution >= 0.6 is 0 Å². The summed E-state index contributed by atoms with van der Waals surface area (Å²) < 4.78 is 83.7. The summed E-state index contributed by atoms with van der Waals surface area (Å²) in [5.41, 5.74) is 1.73. The molecule has 3 N–H and O–H groups in total. The van der Waals surface area contributed by atoms with Gasteiger partial charge < -0.3 is 15.1 Å². The molecule has 0 aliphatic carbocycles. The first-order valence-corrected chi connectivity index (χ1v) is 16.4. The second-order valence-electron chi connectivity index (χ2n) is 9.42. The van der Waals surface area contributed by atoms with E-state index in [2.05, 4.69) is 20.0 Å². The molecule has 0 spiro atoms. The van der Waals surface area contributed by atoms with Gasteiger partial charge in [0, 0.05) is 58.0 Å². The second-order valence-corrected chi connectivity index (χ2v) is 12.6. The van der Waals surface area contributed by atoms with Crippen molar-refractivity contribution in [2.24, 2.45) is 0 Å². The largest absolute Gasteiger partial charge is 0.369 e. The number of hydrogen-bond acceptors (Lipinski definition) is 8. The molecule has 0 atom stereocenters. The van der Waals surface area contributed by atoms with E-state index in [1.807, 2.05) is 12.1 Å². The fourth-order valence-electron chi connectivity index (χ4n) is 4.22. The van der Waals surface area contributed by atoms with Crippen LogP contribution in [0.5, 0.6) is 0 Å². The second kappa shape index (κ2) is 16.8. The Bertz CT molecular complexity index is 1220. The Hall–Kier alpha value is -2.36. The van der Waals surface area contributed by atoms with E-state index in [9.17, 15) is 25.6 Å². The van der Waals surface area contributed by atoms with Crippen LogP contribution in [0.1, 0.15) is 19.8 Å². The van der Waals surface area contributed by atoms with Gasteiger partial charge in [0.25, 0.3) is 20.2 Å². The van der Waals surface area contributed by atoms with Gasteiger partial charge in [-0.1, -0.05) is 19.1 Å². The molecular weight excluding hydrogens is 566 g/mol. The van der Waals surface area contributed by atoms with Crippen molar-refractivity contribution < 1.29 is 34.7 Å². The number of anilines is 2. The molecule has 14 heteroatoms. The molecule has 0 radical (unpaired) electrons.